The lowest BCUT2D eigenvalue weighted by Crippen LogP contribution is -2.22. The summed E-state index contributed by atoms with van der Waals surface area (Å²) in [6.07, 6.45) is 0. The van der Waals surface area contributed by atoms with Crippen molar-refractivity contribution >= 4 is 22.5 Å². The van der Waals surface area contributed by atoms with E-state index in [0.717, 1.165) is 0 Å². The van der Waals surface area contributed by atoms with Gasteiger partial charge in [-0.3, -0.25) is 14.2 Å². The van der Waals surface area contributed by atoms with Crippen molar-refractivity contribution in [3.63, 3.8) is 0 Å². The summed E-state index contributed by atoms with van der Waals surface area (Å²) in [5.41, 5.74) is 2.11. The third-order valence-electron chi connectivity index (χ3n) is 4.73. The topological polar surface area (TPSA) is 97.0 Å². The Balaban J connectivity index is 1.58. The molecule has 0 bridgehead atoms. The Kier molecular flexibility index (Phi) is 5.45. The molecule has 1 amide bonds. The van der Waals surface area contributed by atoms with Crippen molar-refractivity contribution in [1.82, 2.24) is 9.55 Å². The molecule has 1 heterocycles. The molecule has 152 valence electrons. The SMILES string of the molecule is Cc1nc2ccccc2c(=O)n1-c1ccc(C(=O)Nc2cccc(OCC#N)c2)cc1. The van der Waals surface area contributed by atoms with Gasteiger partial charge in [0.15, 0.2) is 6.61 Å². The van der Waals surface area contributed by atoms with Crippen LogP contribution in [0.25, 0.3) is 16.6 Å². The van der Waals surface area contributed by atoms with Gasteiger partial charge >= 0.3 is 0 Å². The Morgan fingerprint density at radius 3 is 2.65 bits per heavy atom. The highest BCUT2D eigenvalue weighted by molar-refractivity contribution is 6.04. The van der Waals surface area contributed by atoms with E-state index in [1.165, 1.54) is 4.57 Å². The molecule has 0 aliphatic rings. The summed E-state index contributed by atoms with van der Waals surface area (Å²) < 4.78 is 6.78. The molecular weight excluding hydrogens is 392 g/mol. The van der Waals surface area contributed by atoms with Crippen LogP contribution >= 0.6 is 0 Å². The lowest BCUT2D eigenvalue weighted by Gasteiger charge is -2.12. The average Bonchev–Trinajstić information content (AvgIpc) is 2.78. The van der Waals surface area contributed by atoms with Crippen LogP contribution in [0.1, 0.15) is 16.2 Å². The van der Waals surface area contributed by atoms with Crippen molar-refractivity contribution in [2.24, 2.45) is 0 Å². The Bertz CT molecular complexity index is 1370. The van der Waals surface area contributed by atoms with Crippen LogP contribution < -0.4 is 15.6 Å². The van der Waals surface area contributed by atoms with Gasteiger partial charge in [-0.15, -0.1) is 0 Å². The maximum absolute atomic E-state index is 12.9. The van der Waals surface area contributed by atoms with E-state index in [9.17, 15) is 9.59 Å². The predicted molar refractivity (Wildman–Crippen MR) is 118 cm³/mol. The zero-order valence-electron chi connectivity index (χ0n) is 16.7. The molecule has 4 rings (SSSR count). The van der Waals surface area contributed by atoms with E-state index in [2.05, 4.69) is 10.3 Å². The summed E-state index contributed by atoms with van der Waals surface area (Å²) in [6.45, 7) is 1.71. The van der Waals surface area contributed by atoms with Crippen LogP contribution in [0.15, 0.2) is 77.6 Å². The smallest absolute Gasteiger partial charge is 0.265 e. The van der Waals surface area contributed by atoms with E-state index in [1.54, 1.807) is 67.6 Å². The molecule has 0 radical (unpaired) electrons. The van der Waals surface area contributed by atoms with Gasteiger partial charge < -0.3 is 10.1 Å². The summed E-state index contributed by atoms with van der Waals surface area (Å²) >= 11 is 0. The third-order valence-corrected chi connectivity index (χ3v) is 4.73. The van der Waals surface area contributed by atoms with Gasteiger partial charge in [0.05, 0.1) is 16.6 Å². The van der Waals surface area contributed by atoms with Gasteiger partial charge in [0.1, 0.15) is 17.6 Å². The number of aromatic nitrogens is 2. The first kappa shape index (κ1) is 19.9. The summed E-state index contributed by atoms with van der Waals surface area (Å²) in [7, 11) is 0. The number of nitrogens with one attached hydrogen (secondary N) is 1. The zero-order valence-corrected chi connectivity index (χ0v) is 16.7. The van der Waals surface area contributed by atoms with Gasteiger partial charge in [-0.05, 0) is 55.5 Å². The first-order chi connectivity index (χ1) is 15.1. The summed E-state index contributed by atoms with van der Waals surface area (Å²) in [6, 6.07) is 22.7. The van der Waals surface area contributed by atoms with E-state index < -0.39 is 0 Å². The zero-order chi connectivity index (χ0) is 21.8. The molecule has 0 fully saturated rings. The number of nitriles is 1. The molecule has 1 N–H and O–H groups in total. The molecule has 0 atom stereocenters. The lowest BCUT2D eigenvalue weighted by molar-refractivity contribution is 0.102. The maximum Gasteiger partial charge on any atom is 0.265 e. The Hall–Kier alpha value is -4.44. The number of benzene rings is 3. The highest BCUT2D eigenvalue weighted by Gasteiger charge is 2.11. The van der Waals surface area contributed by atoms with Crippen LogP contribution in [0.5, 0.6) is 5.75 Å². The number of carbonyl (C=O) groups excluding carboxylic acids is 1. The molecule has 1 aromatic heterocycles. The number of anilines is 1. The van der Waals surface area contributed by atoms with Gasteiger partial charge in [-0.1, -0.05) is 18.2 Å². The number of ether oxygens (including phenoxy) is 1. The second kappa shape index (κ2) is 8.51. The quantitative estimate of drug-likeness (QED) is 0.539. The first-order valence-corrected chi connectivity index (χ1v) is 9.57. The van der Waals surface area contributed by atoms with Crippen molar-refractivity contribution in [3.8, 4) is 17.5 Å². The lowest BCUT2D eigenvalue weighted by atomic mass is 10.1. The molecule has 0 spiro atoms. The van der Waals surface area contributed by atoms with Gasteiger partial charge in [-0.25, -0.2) is 4.98 Å². The molecule has 31 heavy (non-hydrogen) atoms. The number of carbonyl (C=O) groups is 1. The predicted octanol–water partition coefficient (Wildman–Crippen LogP) is 3.85. The number of aryl methyl sites for hydroxylation is 1. The normalized spacial score (nSPS) is 10.5. The summed E-state index contributed by atoms with van der Waals surface area (Å²) in [5, 5.41) is 11.9. The number of amides is 1. The van der Waals surface area contributed by atoms with Gasteiger partial charge in [0.25, 0.3) is 11.5 Å². The molecule has 0 aliphatic heterocycles. The standard InChI is InChI=1S/C24H18N4O3/c1-16-26-22-8-3-2-7-21(22)24(30)28(16)19-11-9-17(10-12-19)23(29)27-18-5-4-6-20(15-18)31-14-13-25/h2-12,15H,14H2,1H3,(H,27,29). The average molecular weight is 410 g/mol. The second-order valence-corrected chi connectivity index (χ2v) is 6.79. The number of rotatable bonds is 5. The van der Waals surface area contributed by atoms with Crippen molar-refractivity contribution in [3.05, 3.63) is 94.5 Å². The minimum Gasteiger partial charge on any atom is -0.479 e. The molecule has 7 heteroatoms. The fourth-order valence-corrected chi connectivity index (χ4v) is 3.29. The second-order valence-electron chi connectivity index (χ2n) is 6.79. The van der Waals surface area contributed by atoms with Crippen LogP contribution in [0.3, 0.4) is 0 Å². The Morgan fingerprint density at radius 2 is 1.87 bits per heavy atom. The van der Waals surface area contributed by atoms with Crippen molar-refractivity contribution in [1.29, 1.82) is 5.26 Å². The van der Waals surface area contributed by atoms with E-state index in [4.69, 9.17) is 10.00 Å². The van der Waals surface area contributed by atoms with Crippen LogP contribution in [-0.4, -0.2) is 22.1 Å². The van der Waals surface area contributed by atoms with Gasteiger partial charge in [0, 0.05) is 17.3 Å². The third kappa shape index (κ3) is 4.14. The van der Waals surface area contributed by atoms with Crippen LogP contribution in [0.4, 0.5) is 5.69 Å². The molecule has 0 saturated heterocycles. The highest BCUT2D eigenvalue weighted by Crippen LogP contribution is 2.19. The molecule has 0 unspecified atom stereocenters. The largest absolute Gasteiger partial charge is 0.479 e. The van der Waals surface area contributed by atoms with Crippen molar-refractivity contribution < 1.29 is 9.53 Å². The molecule has 0 aliphatic carbocycles. The summed E-state index contributed by atoms with van der Waals surface area (Å²) in [4.78, 5) is 30.0. The fraction of sp³-hybridized carbons (Fsp3) is 0.0833. The molecular formula is C24H18N4O3. The van der Waals surface area contributed by atoms with Crippen LogP contribution in [0, 0.1) is 18.3 Å². The van der Waals surface area contributed by atoms with E-state index >= 15 is 0 Å². The first-order valence-electron chi connectivity index (χ1n) is 9.57. The van der Waals surface area contributed by atoms with Crippen molar-refractivity contribution in [2.75, 3.05) is 11.9 Å². The molecule has 4 aromatic rings. The Morgan fingerprint density at radius 1 is 1.10 bits per heavy atom. The van der Waals surface area contributed by atoms with Crippen LogP contribution in [0.2, 0.25) is 0 Å². The number of nitrogens with zero attached hydrogens (tertiary/aromatic N) is 3. The van der Waals surface area contributed by atoms with Gasteiger partial charge in [-0.2, -0.15) is 5.26 Å². The van der Waals surface area contributed by atoms with E-state index in [1.807, 2.05) is 18.2 Å². The summed E-state index contributed by atoms with van der Waals surface area (Å²) in [5.74, 6) is 0.758. The monoisotopic (exact) mass is 410 g/mol. The molecule has 0 saturated carbocycles. The Labute approximate surface area is 178 Å². The minimum atomic E-state index is -0.301. The van der Waals surface area contributed by atoms with E-state index in [0.29, 0.717) is 39.4 Å². The maximum atomic E-state index is 12.9. The number of fused-ring (bicyclic) bond motifs is 1. The van der Waals surface area contributed by atoms with E-state index in [-0.39, 0.29) is 18.1 Å². The number of hydrogen-bond donors (Lipinski definition) is 1. The molecule has 7 nitrogen and oxygen atoms in total. The molecule has 3 aromatic carbocycles. The minimum absolute atomic E-state index is 0.0682. The number of hydrogen-bond acceptors (Lipinski definition) is 5. The van der Waals surface area contributed by atoms with Crippen LogP contribution in [-0.2, 0) is 0 Å². The fourth-order valence-electron chi connectivity index (χ4n) is 3.29. The number of para-hydroxylation sites is 1. The van der Waals surface area contributed by atoms with Crippen molar-refractivity contribution in [2.45, 2.75) is 6.92 Å². The van der Waals surface area contributed by atoms with Gasteiger partial charge in [0.2, 0.25) is 0 Å². The highest BCUT2D eigenvalue weighted by atomic mass is 16.5.